The van der Waals surface area contributed by atoms with Crippen molar-refractivity contribution < 1.29 is 14.3 Å². The minimum atomic E-state index is -0.930. The molecule has 198 valence electrons. The first kappa shape index (κ1) is 28.6. The lowest BCUT2D eigenvalue weighted by atomic mass is 9.86. The smallest absolute Gasteiger partial charge is 0.304 e. The van der Waals surface area contributed by atoms with Crippen molar-refractivity contribution in [2.45, 2.75) is 85.2 Å². The molecule has 0 aromatic heterocycles. The van der Waals surface area contributed by atoms with Crippen molar-refractivity contribution in [3.05, 3.63) is 105 Å². The zero-order valence-corrected chi connectivity index (χ0v) is 23.1. The first-order chi connectivity index (χ1) is 17.8. The number of rotatable bonds is 13. The molecular weight excluding hydrogens is 461 g/mol. The summed E-state index contributed by atoms with van der Waals surface area (Å²) in [5.74, 6) is -1.29. The third kappa shape index (κ3) is 7.52. The normalized spacial score (nSPS) is 13.1. The fraction of sp³-hybridized carbons (Fsp3) is 0.424. The second-order valence-corrected chi connectivity index (χ2v) is 10.3. The molecular formula is C33H42FNO2. The Morgan fingerprint density at radius 3 is 2.32 bits per heavy atom. The van der Waals surface area contributed by atoms with Crippen LogP contribution in [0.25, 0.3) is 0 Å². The predicted molar refractivity (Wildman–Crippen MR) is 151 cm³/mol. The van der Waals surface area contributed by atoms with E-state index in [0.29, 0.717) is 11.5 Å². The lowest BCUT2D eigenvalue weighted by Gasteiger charge is -2.26. The lowest BCUT2D eigenvalue weighted by molar-refractivity contribution is -0.137. The number of benzene rings is 3. The van der Waals surface area contributed by atoms with Gasteiger partial charge in [0.2, 0.25) is 0 Å². The molecule has 0 aliphatic carbocycles. The van der Waals surface area contributed by atoms with Crippen molar-refractivity contribution in [1.29, 1.82) is 0 Å². The molecule has 0 heterocycles. The van der Waals surface area contributed by atoms with Crippen LogP contribution in [0.1, 0.15) is 97.7 Å². The average molecular weight is 504 g/mol. The summed E-state index contributed by atoms with van der Waals surface area (Å²) in [6.45, 7) is 13.4. The Kier molecular flexibility index (Phi) is 10.5. The van der Waals surface area contributed by atoms with E-state index < -0.39 is 11.9 Å². The molecule has 0 spiro atoms. The van der Waals surface area contributed by atoms with Crippen LogP contribution >= 0.6 is 0 Å². The number of nitrogens with zero attached hydrogens (tertiary/aromatic N) is 1. The highest BCUT2D eigenvalue weighted by atomic mass is 19.1. The molecule has 3 aromatic carbocycles. The largest absolute Gasteiger partial charge is 0.481 e. The molecule has 1 N–H and O–H groups in total. The third-order valence-corrected chi connectivity index (χ3v) is 7.53. The summed E-state index contributed by atoms with van der Waals surface area (Å²) in [5.41, 5.74) is 7.30. The highest BCUT2D eigenvalue weighted by molar-refractivity contribution is 5.69. The van der Waals surface area contributed by atoms with Gasteiger partial charge in [-0.2, -0.15) is 0 Å². The van der Waals surface area contributed by atoms with Gasteiger partial charge in [-0.3, -0.25) is 9.69 Å². The summed E-state index contributed by atoms with van der Waals surface area (Å²) in [5, 5.41) is 9.66. The van der Waals surface area contributed by atoms with Gasteiger partial charge >= 0.3 is 5.97 Å². The van der Waals surface area contributed by atoms with E-state index in [1.807, 2.05) is 19.1 Å². The summed E-state index contributed by atoms with van der Waals surface area (Å²) in [7, 11) is 0. The quantitative estimate of drug-likeness (QED) is 0.255. The molecule has 3 nitrogen and oxygen atoms in total. The average Bonchev–Trinajstić information content (AvgIpc) is 2.88. The molecule has 3 rings (SSSR count). The van der Waals surface area contributed by atoms with Gasteiger partial charge in [-0.25, -0.2) is 4.39 Å². The van der Waals surface area contributed by atoms with Crippen LogP contribution in [0.5, 0.6) is 0 Å². The molecule has 37 heavy (non-hydrogen) atoms. The minimum absolute atomic E-state index is 0.147. The van der Waals surface area contributed by atoms with Crippen LogP contribution < -0.4 is 0 Å². The molecule has 0 radical (unpaired) electrons. The number of aliphatic carboxylic acids is 1. The van der Waals surface area contributed by atoms with Crippen molar-refractivity contribution in [2.24, 2.45) is 0 Å². The Bertz CT molecular complexity index is 1190. The predicted octanol–water partition coefficient (Wildman–Crippen LogP) is 8.23. The van der Waals surface area contributed by atoms with Crippen molar-refractivity contribution >= 4 is 5.97 Å². The van der Waals surface area contributed by atoms with Crippen LogP contribution in [0.3, 0.4) is 0 Å². The number of halogens is 1. The summed E-state index contributed by atoms with van der Waals surface area (Å²) < 4.78 is 15.1. The first-order valence-corrected chi connectivity index (χ1v) is 13.7. The standard InChI is InChI=1S/C33H42FNO2/c1-6-17-35(21-27-11-9-10-12-29(27)23(4)7-2)22-28-19-26(15-13-24(28)5)31(20-33(36)37)30-16-14-25(8-3)18-32(30)34/h9-16,18-19,23,31H,6-8,17,20-22H2,1-5H3,(H,36,37). The van der Waals surface area contributed by atoms with E-state index in [2.05, 4.69) is 69.0 Å². The number of aryl methyl sites for hydroxylation is 2. The molecule has 0 aliphatic heterocycles. The molecule has 0 aliphatic rings. The Morgan fingerprint density at radius 2 is 1.68 bits per heavy atom. The molecule has 0 amide bonds. The molecule has 4 heteroatoms. The maximum atomic E-state index is 15.1. The van der Waals surface area contributed by atoms with Crippen LogP contribution in [0, 0.1) is 12.7 Å². The zero-order valence-electron chi connectivity index (χ0n) is 23.1. The fourth-order valence-electron chi connectivity index (χ4n) is 5.12. The van der Waals surface area contributed by atoms with Crippen molar-refractivity contribution in [1.82, 2.24) is 4.90 Å². The molecule has 2 atom stereocenters. The Labute approximate surface area is 222 Å². The molecule has 0 saturated heterocycles. The zero-order chi connectivity index (χ0) is 26.9. The van der Waals surface area contributed by atoms with Crippen molar-refractivity contribution in [3.63, 3.8) is 0 Å². The molecule has 2 unspecified atom stereocenters. The lowest BCUT2D eigenvalue weighted by Crippen LogP contribution is -2.25. The molecule has 0 fully saturated rings. The van der Waals surface area contributed by atoms with Crippen LogP contribution in [0.15, 0.2) is 60.7 Å². The van der Waals surface area contributed by atoms with Crippen LogP contribution in [0.2, 0.25) is 0 Å². The van der Waals surface area contributed by atoms with E-state index in [1.165, 1.54) is 17.2 Å². The highest BCUT2D eigenvalue weighted by Gasteiger charge is 2.23. The van der Waals surface area contributed by atoms with Crippen LogP contribution in [-0.2, 0) is 24.3 Å². The van der Waals surface area contributed by atoms with Gasteiger partial charge in [0.25, 0.3) is 0 Å². The van der Waals surface area contributed by atoms with Crippen molar-refractivity contribution in [2.75, 3.05) is 6.54 Å². The van der Waals surface area contributed by atoms with Gasteiger partial charge in [-0.1, -0.05) is 82.3 Å². The van der Waals surface area contributed by atoms with E-state index >= 15 is 4.39 Å². The Morgan fingerprint density at radius 1 is 0.946 bits per heavy atom. The SMILES string of the molecule is CCCN(Cc1cc(C(CC(=O)O)c2ccc(CC)cc2F)ccc1C)Cc1ccccc1C(C)CC. The molecule has 3 aromatic rings. The van der Waals surface area contributed by atoms with Crippen LogP contribution in [-0.4, -0.2) is 22.5 Å². The molecule has 0 saturated carbocycles. The number of carboxylic acid groups (broad SMARTS) is 1. The summed E-state index contributed by atoms with van der Waals surface area (Å²) >= 11 is 0. The fourth-order valence-corrected chi connectivity index (χ4v) is 5.12. The Hall–Kier alpha value is -2.98. The number of carboxylic acids is 1. The number of hydrogen-bond acceptors (Lipinski definition) is 2. The van der Waals surface area contributed by atoms with Gasteiger partial charge in [0, 0.05) is 19.0 Å². The Balaban J connectivity index is 1.94. The van der Waals surface area contributed by atoms with Gasteiger partial charge < -0.3 is 5.11 Å². The van der Waals surface area contributed by atoms with E-state index in [9.17, 15) is 9.90 Å². The second-order valence-electron chi connectivity index (χ2n) is 10.3. The van der Waals surface area contributed by atoms with E-state index in [4.69, 9.17) is 0 Å². The monoisotopic (exact) mass is 503 g/mol. The van der Waals surface area contributed by atoms with E-state index in [1.54, 1.807) is 6.07 Å². The van der Waals surface area contributed by atoms with Gasteiger partial charge in [0.05, 0.1) is 6.42 Å². The number of hydrogen-bond donors (Lipinski definition) is 1. The highest BCUT2D eigenvalue weighted by Crippen LogP contribution is 2.32. The summed E-state index contributed by atoms with van der Waals surface area (Å²) in [4.78, 5) is 14.3. The van der Waals surface area contributed by atoms with Gasteiger partial charge in [-0.15, -0.1) is 0 Å². The minimum Gasteiger partial charge on any atom is -0.481 e. The van der Waals surface area contributed by atoms with Crippen molar-refractivity contribution in [3.8, 4) is 0 Å². The summed E-state index contributed by atoms with van der Waals surface area (Å²) in [6, 6.07) is 20.0. The first-order valence-electron chi connectivity index (χ1n) is 13.7. The van der Waals surface area contributed by atoms with E-state index in [0.717, 1.165) is 61.2 Å². The third-order valence-electron chi connectivity index (χ3n) is 7.53. The van der Waals surface area contributed by atoms with Crippen LogP contribution in [0.4, 0.5) is 4.39 Å². The topological polar surface area (TPSA) is 40.5 Å². The molecule has 0 bridgehead atoms. The van der Waals surface area contributed by atoms with Gasteiger partial charge in [-0.05, 0) is 83.7 Å². The maximum absolute atomic E-state index is 15.1. The van der Waals surface area contributed by atoms with Gasteiger partial charge in [0.15, 0.2) is 0 Å². The second kappa shape index (κ2) is 13.5. The number of carbonyl (C=O) groups is 1. The maximum Gasteiger partial charge on any atom is 0.304 e. The van der Waals surface area contributed by atoms with Gasteiger partial charge in [0.1, 0.15) is 5.82 Å². The summed E-state index contributed by atoms with van der Waals surface area (Å²) in [6.07, 6.45) is 2.74. The van der Waals surface area contributed by atoms with E-state index in [-0.39, 0.29) is 12.2 Å².